The summed E-state index contributed by atoms with van der Waals surface area (Å²) in [6.45, 7) is 0.427. The number of methoxy groups -OCH3 is 2. The number of amides is 1. The topological polar surface area (TPSA) is 63.4 Å². The fourth-order valence-corrected chi connectivity index (χ4v) is 2.64. The molecule has 0 aliphatic heterocycles. The highest BCUT2D eigenvalue weighted by Crippen LogP contribution is 2.33. The molecule has 0 aliphatic rings. The van der Waals surface area contributed by atoms with Crippen LogP contribution in [0.25, 0.3) is 10.9 Å². The van der Waals surface area contributed by atoms with Crippen LogP contribution < -0.4 is 14.8 Å². The Bertz CT molecular complexity index is 872. The van der Waals surface area contributed by atoms with Crippen molar-refractivity contribution in [2.75, 3.05) is 14.2 Å². The van der Waals surface area contributed by atoms with Gasteiger partial charge in [-0.15, -0.1) is 0 Å². The number of hydrogen-bond acceptors (Lipinski definition) is 3. The number of hydrogen-bond donors (Lipinski definition) is 2. The summed E-state index contributed by atoms with van der Waals surface area (Å²) in [5.74, 6) is 1.03. The second kappa shape index (κ2) is 6.84. The second-order valence-electron chi connectivity index (χ2n) is 5.26. The van der Waals surface area contributed by atoms with E-state index < -0.39 is 0 Å². The van der Waals surface area contributed by atoms with Crippen molar-refractivity contribution in [3.63, 3.8) is 0 Å². The minimum atomic E-state index is -0.164. The van der Waals surface area contributed by atoms with Gasteiger partial charge in [0.15, 0.2) is 11.5 Å². The molecule has 0 atom stereocenters. The number of benzene rings is 2. The number of ether oxygens (including phenoxy) is 2. The Morgan fingerprint density at radius 1 is 1.12 bits per heavy atom. The largest absolute Gasteiger partial charge is 0.493 e. The minimum absolute atomic E-state index is 0.164. The SMILES string of the molecule is COc1cc2[nH]cc(C(=O)NCc3ccc(Cl)cc3)c2cc1OC. The average Bonchev–Trinajstić information content (AvgIpc) is 3.02. The molecule has 0 radical (unpaired) electrons. The summed E-state index contributed by atoms with van der Waals surface area (Å²) in [6, 6.07) is 11.0. The number of carbonyl (C=O) groups is 1. The van der Waals surface area contributed by atoms with Crippen molar-refractivity contribution < 1.29 is 14.3 Å². The minimum Gasteiger partial charge on any atom is -0.493 e. The molecule has 0 spiro atoms. The van der Waals surface area contributed by atoms with Crippen LogP contribution in [0, 0.1) is 0 Å². The van der Waals surface area contributed by atoms with Crippen LogP contribution in [-0.2, 0) is 6.54 Å². The summed E-state index contributed by atoms with van der Waals surface area (Å²) in [7, 11) is 3.14. The summed E-state index contributed by atoms with van der Waals surface area (Å²) < 4.78 is 10.6. The van der Waals surface area contributed by atoms with Gasteiger partial charge in [0.05, 0.1) is 25.3 Å². The van der Waals surface area contributed by atoms with Crippen LogP contribution in [0.2, 0.25) is 5.02 Å². The van der Waals surface area contributed by atoms with E-state index in [0.29, 0.717) is 28.6 Å². The molecular weight excluding hydrogens is 328 g/mol. The highest BCUT2D eigenvalue weighted by atomic mass is 35.5. The van der Waals surface area contributed by atoms with E-state index in [1.165, 1.54) is 0 Å². The van der Waals surface area contributed by atoms with E-state index >= 15 is 0 Å². The van der Waals surface area contributed by atoms with Gasteiger partial charge in [0, 0.05) is 29.2 Å². The molecule has 124 valence electrons. The molecule has 2 aromatic carbocycles. The molecule has 1 amide bonds. The van der Waals surface area contributed by atoms with Crippen molar-refractivity contribution in [2.45, 2.75) is 6.54 Å². The summed E-state index contributed by atoms with van der Waals surface area (Å²) in [4.78, 5) is 15.6. The third-order valence-corrected chi connectivity index (χ3v) is 4.05. The standard InChI is InChI=1S/C18H17ClN2O3/c1-23-16-7-13-14(10-20-15(13)8-17(16)24-2)18(22)21-9-11-3-5-12(19)6-4-11/h3-8,10,20H,9H2,1-2H3,(H,21,22). The number of aromatic nitrogens is 1. The zero-order valence-electron chi connectivity index (χ0n) is 13.4. The van der Waals surface area contributed by atoms with E-state index in [1.54, 1.807) is 38.6 Å². The molecule has 0 fully saturated rings. The lowest BCUT2D eigenvalue weighted by atomic mass is 10.1. The van der Waals surface area contributed by atoms with Crippen molar-refractivity contribution in [2.24, 2.45) is 0 Å². The lowest BCUT2D eigenvalue weighted by molar-refractivity contribution is 0.0952. The Hall–Kier alpha value is -2.66. The van der Waals surface area contributed by atoms with E-state index in [4.69, 9.17) is 21.1 Å². The Morgan fingerprint density at radius 3 is 2.46 bits per heavy atom. The van der Waals surface area contributed by atoms with Crippen LogP contribution in [0.3, 0.4) is 0 Å². The van der Waals surface area contributed by atoms with Crippen LogP contribution >= 0.6 is 11.6 Å². The highest BCUT2D eigenvalue weighted by molar-refractivity contribution is 6.30. The molecule has 0 saturated heterocycles. The molecular formula is C18H17ClN2O3. The maximum Gasteiger partial charge on any atom is 0.253 e. The first kappa shape index (κ1) is 16.2. The van der Waals surface area contributed by atoms with E-state index in [9.17, 15) is 4.79 Å². The van der Waals surface area contributed by atoms with Gasteiger partial charge in [-0.25, -0.2) is 0 Å². The third-order valence-electron chi connectivity index (χ3n) is 3.80. The van der Waals surface area contributed by atoms with Crippen molar-refractivity contribution in [3.8, 4) is 11.5 Å². The van der Waals surface area contributed by atoms with Crippen LogP contribution in [0.1, 0.15) is 15.9 Å². The molecule has 1 aromatic heterocycles. The predicted octanol–water partition coefficient (Wildman–Crippen LogP) is 3.77. The molecule has 0 unspecified atom stereocenters. The van der Waals surface area contributed by atoms with Crippen LogP contribution in [0.4, 0.5) is 0 Å². The van der Waals surface area contributed by atoms with Gasteiger partial charge in [-0.1, -0.05) is 23.7 Å². The summed E-state index contributed by atoms with van der Waals surface area (Å²) >= 11 is 5.86. The normalized spacial score (nSPS) is 10.6. The molecule has 2 N–H and O–H groups in total. The Labute approximate surface area is 144 Å². The molecule has 3 aromatic rings. The first-order chi connectivity index (χ1) is 11.6. The smallest absolute Gasteiger partial charge is 0.253 e. The number of carbonyl (C=O) groups excluding carboxylic acids is 1. The Morgan fingerprint density at radius 2 is 1.79 bits per heavy atom. The van der Waals surface area contributed by atoms with Gasteiger partial charge in [0.1, 0.15) is 0 Å². The highest BCUT2D eigenvalue weighted by Gasteiger charge is 2.15. The van der Waals surface area contributed by atoms with E-state index in [2.05, 4.69) is 10.3 Å². The number of nitrogens with one attached hydrogen (secondary N) is 2. The summed E-state index contributed by atoms with van der Waals surface area (Å²) in [6.07, 6.45) is 1.68. The number of rotatable bonds is 5. The van der Waals surface area contributed by atoms with Gasteiger partial charge in [-0.3, -0.25) is 4.79 Å². The molecule has 5 nitrogen and oxygen atoms in total. The molecule has 0 saturated carbocycles. The van der Waals surface area contributed by atoms with Crippen LogP contribution in [0.15, 0.2) is 42.6 Å². The third kappa shape index (κ3) is 3.16. The fourth-order valence-electron chi connectivity index (χ4n) is 2.52. The number of fused-ring (bicyclic) bond motifs is 1. The number of H-pyrrole nitrogens is 1. The molecule has 3 rings (SSSR count). The van der Waals surface area contributed by atoms with E-state index in [-0.39, 0.29) is 5.91 Å². The fraction of sp³-hybridized carbons (Fsp3) is 0.167. The van der Waals surface area contributed by atoms with Crippen molar-refractivity contribution in [1.29, 1.82) is 0 Å². The molecule has 24 heavy (non-hydrogen) atoms. The number of halogens is 1. The maximum absolute atomic E-state index is 12.5. The van der Waals surface area contributed by atoms with E-state index in [1.807, 2.05) is 18.2 Å². The molecule has 0 aliphatic carbocycles. The quantitative estimate of drug-likeness (QED) is 0.740. The van der Waals surface area contributed by atoms with Gasteiger partial charge < -0.3 is 19.8 Å². The first-order valence-electron chi connectivity index (χ1n) is 7.38. The summed E-state index contributed by atoms with van der Waals surface area (Å²) in [5.41, 5.74) is 2.34. The van der Waals surface area contributed by atoms with Gasteiger partial charge in [0.2, 0.25) is 0 Å². The van der Waals surface area contributed by atoms with Crippen molar-refractivity contribution in [3.05, 3.63) is 58.7 Å². The van der Waals surface area contributed by atoms with Crippen LogP contribution in [-0.4, -0.2) is 25.1 Å². The number of aromatic amines is 1. The monoisotopic (exact) mass is 344 g/mol. The zero-order chi connectivity index (χ0) is 17.1. The van der Waals surface area contributed by atoms with E-state index in [0.717, 1.165) is 16.5 Å². The Balaban J connectivity index is 1.83. The van der Waals surface area contributed by atoms with Gasteiger partial charge >= 0.3 is 0 Å². The first-order valence-corrected chi connectivity index (χ1v) is 7.76. The average molecular weight is 345 g/mol. The maximum atomic E-state index is 12.5. The Kier molecular flexibility index (Phi) is 4.62. The van der Waals surface area contributed by atoms with Crippen molar-refractivity contribution >= 4 is 28.4 Å². The van der Waals surface area contributed by atoms with Gasteiger partial charge in [0.25, 0.3) is 5.91 Å². The molecule has 1 heterocycles. The van der Waals surface area contributed by atoms with Gasteiger partial charge in [-0.05, 0) is 23.8 Å². The van der Waals surface area contributed by atoms with Gasteiger partial charge in [-0.2, -0.15) is 0 Å². The lowest BCUT2D eigenvalue weighted by Gasteiger charge is -2.08. The van der Waals surface area contributed by atoms with Crippen LogP contribution in [0.5, 0.6) is 11.5 Å². The second-order valence-corrected chi connectivity index (χ2v) is 5.70. The molecule has 0 bridgehead atoms. The summed E-state index contributed by atoms with van der Waals surface area (Å²) in [5, 5.41) is 4.35. The van der Waals surface area contributed by atoms with Crippen molar-refractivity contribution in [1.82, 2.24) is 10.3 Å². The predicted molar refractivity (Wildman–Crippen MR) is 94.0 cm³/mol. The zero-order valence-corrected chi connectivity index (χ0v) is 14.1. The lowest BCUT2D eigenvalue weighted by Crippen LogP contribution is -2.22. The molecule has 6 heteroatoms.